The predicted octanol–water partition coefficient (Wildman–Crippen LogP) is -3.62. The van der Waals surface area contributed by atoms with E-state index in [-0.39, 0.29) is 63.7 Å². The molecule has 5 aliphatic rings. The van der Waals surface area contributed by atoms with Gasteiger partial charge in [0.15, 0.2) is 18.9 Å². The molecule has 5 heterocycles. The van der Waals surface area contributed by atoms with E-state index in [0.717, 1.165) is 44.3 Å². The second-order valence-corrected chi connectivity index (χ2v) is 23.6. The molecule has 2 aromatic heterocycles. The van der Waals surface area contributed by atoms with Crippen molar-refractivity contribution in [2.24, 2.45) is 34.4 Å². The molecule has 6 aromatic rings. The van der Waals surface area contributed by atoms with Crippen molar-refractivity contribution in [3.63, 3.8) is 0 Å². The Morgan fingerprint density at radius 1 is 0.622 bits per heavy atom. The van der Waals surface area contributed by atoms with Crippen LogP contribution >= 0.6 is 0 Å². The number of nitrogens with one attached hydrogen (secondary N) is 4. The van der Waals surface area contributed by atoms with Crippen molar-refractivity contribution in [1.29, 1.82) is 0 Å². The van der Waals surface area contributed by atoms with Crippen LogP contribution in [0.25, 0.3) is 22.0 Å². The predicted molar refractivity (Wildman–Crippen MR) is 319 cm³/mol. The van der Waals surface area contributed by atoms with Gasteiger partial charge in [0.05, 0.1) is 30.4 Å². The summed E-state index contributed by atoms with van der Waals surface area (Å²) in [6, 6.07) is 25.2. The molecule has 3 aliphatic heterocycles. The number of hydrogen-bond donors (Lipinski definition) is 16. The van der Waals surface area contributed by atoms with Crippen LogP contribution in [0.1, 0.15) is 40.3 Å². The summed E-state index contributed by atoms with van der Waals surface area (Å²) < 4.78 is 44.4. The number of benzene rings is 4. The van der Waals surface area contributed by atoms with Crippen LogP contribution in [0.2, 0.25) is 0 Å². The first-order chi connectivity index (χ1) is 43.4. The lowest BCUT2D eigenvalue weighted by molar-refractivity contribution is -0.306. The van der Waals surface area contributed by atoms with Gasteiger partial charge in [0.2, 0.25) is 11.8 Å². The molecule has 0 spiro atoms. The van der Waals surface area contributed by atoms with Crippen molar-refractivity contribution in [3.8, 4) is 11.1 Å². The summed E-state index contributed by atoms with van der Waals surface area (Å²) in [7, 11) is 0. The lowest BCUT2D eigenvalue weighted by atomic mass is 9.84. The fraction of sp³-hybridized carbons (Fsp3) is 0.492. The Morgan fingerprint density at radius 3 is 1.86 bits per heavy atom. The highest BCUT2D eigenvalue weighted by atomic mass is 16.8. The van der Waals surface area contributed by atoms with Crippen LogP contribution in [0.15, 0.2) is 116 Å². The van der Waals surface area contributed by atoms with Crippen molar-refractivity contribution < 1.29 is 78.2 Å². The van der Waals surface area contributed by atoms with Gasteiger partial charge in [-0.3, -0.25) is 9.59 Å². The number of aliphatic hydroxyl groups excluding tert-OH is 6. The minimum Gasteiger partial charge on any atom is -0.449 e. The number of hydrogen-bond acceptors (Lipinski definition) is 24. The number of rotatable bonds is 22. The zero-order valence-corrected chi connectivity index (χ0v) is 48.9. The highest BCUT2D eigenvalue weighted by Crippen LogP contribution is 2.45. The zero-order valence-electron chi connectivity index (χ0n) is 48.9. The SMILES string of the molecule is NC[C@@H]1O[C@H](O[C@H]2[C@@H](O)[C@H](O[C@@H]3[C@@H](O)[C@H](N)C[C@H](N)[C@H]3O[C@H]3O[C@H](CN)[C@@H](O)[C@H](O)[C@H]3N)O[C@@H]2Cn2cc(CC(NC(=O)OCC3c4ccccc4-c4ccccc43)C(=O)N[C@@H](Cc3c[nH]c4ccccc34)C(=O)NCc3ccccc3)nn2)[C@H](N)[C@@H](O)[C@@H]1O. The summed E-state index contributed by atoms with van der Waals surface area (Å²) in [5.74, 6) is -1.59. The molecule has 29 nitrogen and oxygen atoms in total. The van der Waals surface area contributed by atoms with Gasteiger partial charge in [0, 0.05) is 73.8 Å². The third-order valence-electron chi connectivity index (χ3n) is 17.6. The second kappa shape index (κ2) is 28.3. The molecule has 4 fully saturated rings. The molecule has 90 heavy (non-hydrogen) atoms. The van der Waals surface area contributed by atoms with Crippen molar-refractivity contribution in [1.82, 2.24) is 35.9 Å². The summed E-state index contributed by atoms with van der Waals surface area (Å²) in [5.41, 5.74) is 43.8. The van der Waals surface area contributed by atoms with Crippen molar-refractivity contribution in [2.75, 3.05) is 19.7 Å². The Balaban J connectivity index is 0.857. The van der Waals surface area contributed by atoms with Crippen LogP contribution < -0.4 is 50.4 Å². The Hall–Kier alpha value is -6.95. The van der Waals surface area contributed by atoms with E-state index in [1.165, 1.54) is 10.9 Å². The van der Waals surface area contributed by atoms with Gasteiger partial charge in [0.1, 0.15) is 85.8 Å². The maximum atomic E-state index is 14.9. The fourth-order valence-corrected chi connectivity index (χ4v) is 12.6. The maximum absolute atomic E-state index is 14.9. The number of ether oxygens (including phenoxy) is 7. The third-order valence-corrected chi connectivity index (χ3v) is 17.6. The lowest BCUT2D eigenvalue weighted by Crippen LogP contribution is -2.68. The fourth-order valence-electron chi connectivity index (χ4n) is 12.6. The van der Waals surface area contributed by atoms with E-state index in [9.17, 15) is 45.0 Å². The van der Waals surface area contributed by atoms with Gasteiger partial charge in [-0.15, -0.1) is 5.10 Å². The monoisotopic (exact) mass is 1250 g/mol. The Kier molecular flexibility index (Phi) is 20.3. The quantitative estimate of drug-likeness (QED) is 0.0312. The van der Waals surface area contributed by atoms with E-state index in [1.54, 1.807) is 6.20 Å². The molecular formula is C61H79N13O16. The Bertz CT molecular complexity index is 3360. The number of aliphatic hydroxyl groups is 6. The number of alkyl carbamates (subject to hydrolysis) is 1. The standard InChI is InChI=1S/C61H79N13O16/c62-21-42-48(76)50(78)45(66)58(85-42)88-53-38(65)20-37(64)47(75)55(53)90-60-52(80)54(89-59-46(67)51(79)49(77)43(22-63)86-59)44(87-60)26-74-25-30(72-73-74)19-41(71-61(83)84-27-36-34-15-6-4-13-32(34)33-14-5-7-16-35(33)36)57(82)70-40(56(81)69-23-28-10-2-1-3-11-28)18-29-24-68-39-17-9-8-12-31(29)39/h1-17,24-25,36-38,40-55,58-60,68,75-80H,18-23,26-27,62-67H2,(H,69,81)(H,70,82)(H,71,83)/t37-,38+,40+,41?,42-,43+,44-,45-,46-,47+,48-,49-,50-,51-,52-,53-,54-,55-,58-,59-,60+/m1/s1. The van der Waals surface area contributed by atoms with Gasteiger partial charge in [-0.2, -0.15) is 0 Å². The summed E-state index contributed by atoms with van der Waals surface area (Å²) in [6.07, 6.45) is -19.8. The summed E-state index contributed by atoms with van der Waals surface area (Å²) >= 11 is 0. The number of fused-ring (bicyclic) bond motifs is 4. The topological polar surface area (TPSA) is 476 Å². The minimum absolute atomic E-state index is 0.00300. The smallest absolute Gasteiger partial charge is 0.407 e. The highest BCUT2D eigenvalue weighted by molar-refractivity contribution is 5.92. The Morgan fingerprint density at radius 2 is 1.20 bits per heavy atom. The number of nitrogens with zero attached hydrogens (tertiary/aromatic N) is 3. The third kappa shape index (κ3) is 13.8. The van der Waals surface area contributed by atoms with Crippen LogP contribution in [-0.4, -0.2) is 217 Å². The van der Waals surface area contributed by atoms with E-state index in [0.29, 0.717) is 0 Å². The van der Waals surface area contributed by atoms with E-state index in [1.807, 2.05) is 103 Å². The van der Waals surface area contributed by atoms with Gasteiger partial charge >= 0.3 is 6.09 Å². The van der Waals surface area contributed by atoms with E-state index < -0.39 is 146 Å². The molecule has 1 unspecified atom stereocenters. The number of H-pyrrole nitrogens is 1. The largest absolute Gasteiger partial charge is 0.449 e. The molecular weight excluding hydrogens is 1170 g/mol. The van der Waals surface area contributed by atoms with Gasteiger partial charge in [-0.1, -0.05) is 102 Å². The number of aromatic amines is 1. The second-order valence-electron chi connectivity index (χ2n) is 23.6. The van der Waals surface area contributed by atoms with Gasteiger partial charge in [0.25, 0.3) is 0 Å². The zero-order chi connectivity index (χ0) is 63.5. The maximum Gasteiger partial charge on any atom is 0.407 e. The number of nitrogens with two attached hydrogens (primary N) is 6. The molecule has 22 N–H and O–H groups in total. The summed E-state index contributed by atoms with van der Waals surface area (Å²) in [4.78, 5) is 46.6. The first-order valence-electron chi connectivity index (χ1n) is 30.0. The molecule has 1 saturated carbocycles. The van der Waals surface area contributed by atoms with Gasteiger partial charge in [-0.05, 0) is 45.9 Å². The van der Waals surface area contributed by atoms with Gasteiger partial charge < -0.3 is 119 Å². The van der Waals surface area contributed by atoms with Crippen molar-refractivity contribution >= 4 is 28.8 Å². The molecule has 0 radical (unpaired) electrons. The van der Waals surface area contributed by atoms with E-state index >= 15 is 0 Å². The number of aromatic nitrogens is 4. The van der Waals surface area contributed by atoms with E-state index in [4.69, 9.17) is 67.6 Å². The first-order valence-corrected chi connectivity index (χ1v) is 30.0. The summed E-state index contributed by atoms with van der Waals surface area (Å²) in [6.45, 7) is -0.708. The molecule has 484 valence electrons. The van der Waals surface area contributed by atoms with Crippen molar-refractivity contribution in [3.05, 3.63) is 143 Å². The van der Waals surface area contributed by atoms with Crippen molar-refractivity contribution in [2.45, 2.75) is 167 Å². The Labute approximate surface area is 516 Å². The van der Waals surface area contributed by atoms with Crippen LogP contribution in [0.3, 0.4) is 0 Å². The summed E-state index contributed by atoms with van der Waals surface area (Å²) in [5, 5.41) is 85.0. The number of para-hydroxylation sites is 1. The average molecular weight is 1250 g/mol. The molecule has 21 atom stereocenters. The molecule has 0 bridgehead atoms. The molecule has 4 aromatic carbocycles. The van der Waals surface area contributed by atoms with Crippen LogP contribution in [-0.2, 0) is 68.7 Å². The minimum atomic E-state index is -1.78. The number of amides is 3. The average Bonchev–Trinajstić information content (AvgIpc) is 1.75. The molecule has 3 amide bonds. The van der Waals surface area contributed by atoms with Gasteiger partial charge in [-0.25, -0.2) is 9.48 Å². The van der Waals surface area contributed by atoms with Crippen LogP contribution in [0, 0.1) is 0 Å². The lowest BCUT2D eigenvalue weighted by Gasteiger charge is -2.47. The normalized spacial score (nSPS) is 32.4. The number of carbonyl (C=O) groups excluding carboxylic acids is 3. The molecule has 2 aliphatic carbocycles. The van der Waals surface area contributed by atoms with Crippen LogP contribution in [0.5, 0.6) is 0 Å². The molecule has 11 rings (SSSR count). The molecule has 3 saturated heterocycles. The van der Waals surface area contributed by atoms with E-state index in [2.05, 4.69) is 31.2 Å². The highest BCUT2D eigenvalue weighted by Gasteiger charge is 2.55. The van der Waals surface area contributed by atoms with Crippen LogP contribution in [0.4, 0.5) is 4.79 Å². The first kappa shape index (κ1) is 64.6. The number of carbonyl (C=O) groups is 3. The molecule has 29 heteroatoms.